The summed E-state index contributed by atoms with van der Waals surface area (Å²) in [5, 5.41) is 10.7. The first-order valence-electron chi connectivity index (χ1n) is 4.59. The molecule has 0 heterocycles. The van der Waals surface area contributed by atoms with Crippen LogP contribution in [0.25, 0.3) is 0 Å². The summed E-state index contributed by atoms with van der Waals surface area (Å²) in [6.07, 6.45) is 0. The Balaban J connectivity index is 3.00. The maximum Gasteiger partial charge on any atom is 0.342 e. The van der Waals surface area contributed by atoms with Crippen molar-refractivity contribution in [3.05, 3.63) is 23.8 Å². The number of amides is 2. The zero-order valence-electron chi connectivity index (χ0n) is 9.31. The van der Waals surface area contributed by atoms with Crippen LogP contribution in [0.5, 0.6) is 5.75 Å². The van der Waals surface area contributed by atoms with Gasteiger partial charge in [0.15, 0.2) is 0 Å². The van der Waals surface area contributed by atoms with E-state index in [0.717, 1.165) is 0 Å². The van der Waals surface area contributed by atoms with Crippen LogP contribution in [-0.2, 0) is 4.74 Å². The number of benzene rings is 1. The van der Waals surface area contributed by atoms with Gasteiger partial charge >= 0.3 is 12.0 Å². The van der Waals surface area contributed by atoms with Crippen LogP contribution in [0.1, 0.15) is 10.4 Å². The lowest BCUT2D eigenvalue weighted by molar-refractivity contribution is 0.0597. The standard InChI is InChI=1S/C10H12N2O5/c1-16-8-5-6(11-10(14)12-15)3-4-7(8)9(13)17-2/h3-5,15H,1-2H3,(H2,11,12,14). The molecule has 1 rings (SSSR count). The molecule has 2 amide bonds. The van der Waals surface area contributed by atoms with E-state index < -0.39 is 12.0 Å². The second kappa shape index (κ2) is 5.71. The van der Waals surface area contributed by atoms with Crippen LogP contribution in [0.2, 0.25) is 0 Å². The highest BCUT2D eigenvalue weighted by Gasteiger charge is 2.13. The Bertz CT molecular complexity index is 433. The van der Waals surface area contributed by atoms with E-state index in [2.05, 4.69) is 10.1 Å². The second-order valence-corrected chi connectivity index (χ2v) is 2.97. The van der Waals surface area contributed by atoms with Gasteiger partial charge in [-0.1, -0.05) is 0 Å². The topological polar surface area (TPSA) is 96.9 Å². The van der Waals surface area contributed by atoms with Gasteiger partial charge in [0.05, 0.1) is 14.2 Å². The van der Waals surface area contributed by atoms with Crippen LogP contribution in [-0.4, -0.2) is 31.4 Å². The normalized spacial score (nSPS) is 9.35. The van der Waals surface area contributed by atoms with Gasteiger partial charge in [-0.15, -0.1) is 0 Å². The van der Waals surface area contributed by atoms with Crippen LogP contribution in [0.3, 0.4) is 0 Å². The molecule has 0 aromatic heterocycles. The van der Waals surface area contributed by atoms with E-state index in [9.17, 15) is 9.59 Å². The van der Waals surface area contributed by atoms with Gasteiger partial charge in [0.1, 0.15) is 11.3 Å². The third kappa shape index (κ3) is 3.08. The van der Waals surface area contributed by atoms with Crippen molar-refractivity contribution in [2.75, 3.05) is 19.5 Å². The van der Waals surface area contributed by atoms with E-state index in [-0.39, 0.29) is 11.3 Å². The molecular formula is C10H12N2O5. The SMILES string of the molecule is COC(=O)c1ccc(NC(=O)NO)cc1OC. The molecule has 0 unspecified atom stereocenters. The summed E-state index contributed by atoms with van der Waals surface area (Å²) in [6, 6.07) is 3.56. The zero-order valence-corrected chi connectivity index (χ0v) is 9.31. The first kappa shape index (κ1) is 12.8. The summed E-state index contributed by atoms with van der Waals surface area (Å²) in [6.45, 7) is 0. The summed E-state index contributed by atoms with van der Waals surface area (Å²) >= 11 is 0. The van der Waals surface area contributed by atoms with Gasteiger partial charge < -0.3 is 14.8 Å². The molecule has 0 spiro atoms. The van der Waals surface area contributed by atoms with Gasteiger partial charge in [-0.25, -0.2) is 15.1 Å². The van der Waals surface area contributed by atoms with Crippen molar-refractivity contribution < 1.29 is 24.3 Å². The van der Waals surface area contributed by atoms with Crippen LogP contribution in [0.15, 0.2) is 18.2 Å². The van der Waals surface area contributed by atoms with Gasteiger partial charge in [-0.3, -0.25) is 5.21 Å². The third-order valence-electron chi connectivity index (χ3n) is 1.97. The number of anilines is 1. The highest BCUT2D eigenvalue weighted by molar-refractivity contribution is 5.94. The Morgan fingerprint density at radius 1 is 1.29 bits per heavy atom. The Morgan fingerprint density at radius 3 is 2.53 bits per heavy atom. The molecule has 0 atom stereocenters. The quantitative estimate of drug-likeness (QED) is 0.416. The molecule has 1 aromatic carbocycles. The fourth-order valence-corrected chi connectivity index (χ4v) is 1.21. The van der Waals surface area contributed by atoms with Crippen LogP contribution < -0.4 is 15.5 Å². The molecule has 0 aliphatic heterocycles. The molecule has 0 saturated carbocycles. The number of hydrogen-bond donors (Lipinski definition) is 3. The average Bonchev–Trinajstić information content (AvgIpc) is 2.37. The average molecular weight is 240 g/mol. The highest BCUT2D eigenvalue weighted by Crippen LogP contribution is 2.23. The van der Waals surface area contributed by atoms with E-state index in [1.807, 2.05) is 0 Å². The van der Waals surface area contributed by atoms with Crippen molar-refractivity contribution >= 4 is 17.7 Å². The number of rotatable bonds is 3. The number of methoxy groups -OCH3 is 2. The molecule has 1 aromatic rings. The molecule has 0 fully saturated rings. The Labute approximate surface area is 97.3 Å². The molecule has 17 heavy (non-hydrogen) atoms. The van der Waals surface area contributed by atoms with E-state index in [4.69, 9.17) is 9.94 Å². The summed E-state index contributed by atoms with van der Waals surface area (Å²) < 4.78 is 9.55. The molecule has 7 nitrogen and oxygen atoms in total. The Hall–Kier alpha value is -2.28. The number of ether oxygens (including phenoxy) is 2. The number of nitrogens with one attached hydrogen (secondary N) is 2. The van der Waals surface area contributed by atoms with E-state index in [1.54, 1.807) is 0 Å². The van der Waals surface area contributed by atoms with E-state index >= 15 is 0 Å². The number of hydroxylamine groups is 1. The van der Waals surface area contributed by atoms with E-state index in [1.165, 1.54) is 37.9 Å². The Morgan fingerprint density at radius 2 is 2.00 bits per heavy atom. The summed E-state index contributed by atoms with van der Waals surface area (Å²) in [4.78, 5) is 22.2. The fourth-order valence-electron chi connectivity index (χ4n) is 1.21. The fraction of sp³-hybridized carbons (Fsp3) is 0.200. The number of esters is 1. The van der Waals surface area contributed by atoms with Crippen LogP contribution in [0, 0.1) is 0 Å². The molecule has 3 N–H and O–H groups in total. The number of carbonyl (C=O) groups is 2. The van der Waals surface area contributed by atoms with Gasteiger partial charge in [0.2, 0.25) is 0 Å². The number of urea groups is 1. The lowest BCUT2D eigenvalue weighted by atomic mass is 10.2. The molecule has 0 aliphatic rings. The van der Waals surface area contributed by atoms with Crippen molar-refractivity contribution in [2.24, 2.45) is 0 Å². The molecule has 0 bridgehead atoms. The molecule has 0 saturated heterocycles. The van der Waals surface area contributed by atoms with Crippen molar-refractivity contribution in [1.29, 1.82) is 0 Å². The summed E-state index contributed by atoms with van der Waals surface area (Å²) in [5.41, 5.74) is 2.02. The minimum Gasteiger partial charge on any atom is -0.496 e. The summed E-state index contributed by atoms with van der Waals surface area (Å²) in [7, 11) is 2.64. The first-order chi connectivity index (χ1) is 8.12. The molecule has 92 valence electrons. The van der Waals surface area contributed by atoms with Crippen molar-refractivity contribution in [3.8, 4) is 5.75 Å². The minimum absolute atomic E-state index is 0.241. The maximum atomic E-state index is 11.3. The largest absolute Gasteiger partial charge is 0.496 e. The van der Waals surface area contributed by atoms with Gasteiger partial charge in [-0.2, -0.15) is 0 Å². The smallest absolute Gasteiger partial charge is 0.342 e. The zero-order chi connectivity index (χ0) is 12.8. The van der Waals surface area contributed by atoms with Gasteiger partial charge in [0.25, 0.3) is 0 Å². The van der Waals surface area contributed by atoms with Crippen molar-refractivity contribution in [2.45, 2.75) is 0 Å². The van der Waals surface area contributed by atoms with Gasteiger partial charge in [-0.05, 0) is 12.1 Å². The number of carbonyl (C=O) groups excluding carboxylic acids is 2. The second-order valence-electron chi connectivity index (χ2n) is 2.97. The first-order valence-corrected chi connectivity index (χ1v) is 4.59. The van der Waals surface area contributed by atoms with Crippen LogP contribution in [0.4, 0.5) is 10.5 Å². The number of hydrogen-bond acceptors (Lipinski definition) is 5. The lowest BCUT2D eigenvalue weighted by Gasteiger charge is -2.09. The summed E-state index contributed by atoms with van der Waals surface area (Å²) in [5.74, 6) is -0.285. The van der Waals surface area contributed by atoms with Crippen molar-refractivity contribution in [1.82, 2.24) is 5.48 Å². The molecule has 0 radical (unpaired) electrons. The van der Waals surface area contributed by atoms with Gasteiger partial charge in [0, 0.05) is 11.8 Å². The predicted octanol–water partition coefficient (Wildman–Crippen LogP) is 0.992. The molecule has 7 heteroatoms. The molecule has 0 aliphatic carbocycles. The molecular weight excluding hydrogens is 228 g/mol. The lowest BCUT2D eigenvalue weighted by Crippen LogP contribution is -2.25. The third-order valence-corrected chi connectivity index (χ3v) is 1.97. The van der Waals surface area contributed by atoms with Crippen LogP contribution >= 0.6 is 0 Å². The highest BCUT2D eigenvalue weighted by atomic mass is 16.5. The predicted molar refractivity (Wildman–Crippen MR) is 58.3 cm³/mol. The monoisotopic (exact) mass is 240 g/mol. The Kier molecular flexibility index (Phi) is 4.29. The van der Waals surface area contributed by atoms with Crippen molar-refractivity contribution in [3.63, 3.8) is 0 Å². The maximum absolute atomic E-state index is 11.3. The minimum atomic E-state index is -0.794. The van der Waals surface area contributed by atoms with E-state index in [0.29, 0.717) is 5.69 Å².